The number of rotatable bonds is 5. The summed E-state index contributed by atoms with van der Waals surface area (Å²) in [5, 5.41) is 4.53. The van der Waals surface area contributed by atoms with E-state index in [0.717, 1.165) is 40.5 Å². The first-order chi connectivity index (χ1) is 13.8. The summed E-state index contributed by atoms with van der Waals surface area (Å²) in [5.41, 5.74) is 4.52. The van der Waals surface area contributed by atoms with Crippen molar-refractivity contribution in [2.75, 3.05) is 6.54 Å². The summed E-state index contributed by atoms with van der Waals surface area (Å²) in [6, 6.07) is 17.1. The molecule has 1 saturated carbocycles. The van der Waals surface area contributed by atoms with Gasteiger partial charge >= 0.3 is 0 Å². The quantitative estimate of drug-likeness (QED) is 0.484. The molecular formula is C23H25ClN4. The van der Waals surface area contributed by atoms with Crippen LogP contribution in [0.1, 0.15) is 32.1 Å². The fourth-order valence-electron chi connectivity index (χ4n) is 4.41. The number of hydrogen-bond acceptors (Lipinski definition) is 2. The lowest BCUT2D eigenvalue weighted by Gasteiger charge is -2.23. The van der Waals surface area contributed by atoms with Gasteiger partial charge in [-0.2, -0.15) is 0 Å². The zero-order chi connectivity index (χ0) is 18.9. The van der Waals surface area contributed by atoms with E-state index in [0.29, 0.717) is 6.04 Å². The van der Waals surface area contributed by atoms with Gasteiger partial charge in [-0.3, -0.25) is 4.40 Å². The average molecular weight is 393 g/mol. The van der Waals surface area contributed by atoms with Crippen LogP contribution in [-0.4, -0.2) is 26.5 Å². The first kappa shape index (κ1) is 17.8. The maximum absolute atomic E-state index is 6.11. The summed E-state index contributed by atoms with van der Waals surface area (Å²) in [6.45, 7) is 1.85. The van der Waals surface area contributed by atoms with Crippen molar-refractivity contribution in [3.63, 3.8) is 0 Å². The van der Waals surface area contributed by atoms with Crippen LogP contribution in [-0.2, 0) is 6.54 Å². The zero-order valence-electron chi connectivity index (χ0n) is 15.9. The molecule has 0 unspecified atom stereocenters. The smallest absolute Gasteiger partial charge is 0.215 e. The maximum Gasteiger partial charge on any atom is 0.215 e. The Morgan fingerprint density at radius 3 is 2.61 bits per heavy atom. The Morgan fingerprint density at radius 2 is 1.79 bits per heavy atom. The van der Waals surface area contributed by atoms with Crippen molar-refractivity contribution in [1.29, 1.82) is 0 Å². The first-order valence-electron chi connectivity index (χ1n) is 10.3. The highest BCUT2D eigenvalue weighted by Crippen LogP contribution is 2.27. The van der Waals surface area contributed by atoms with Crippen LogP contribution < -0.4 is 5.32 Å². The summed E-state index contributed by atoms with van der Waals surface area (Å²) in [4.78, 5) is 4.92. The number of para-hydroxylation sites is 2. The van der Waals surface area contributed by atoms with Gasteiger partial charge in [-0.15, -0.1) is 0 Å². The minimum Gasteiger partial charge on any atom is -0.312 e. The minimum atomic E-state index is 0.665. The lowest BCUT2D eigenvalue weighted by atomic mass is 9.95. The van der Waals surface area contributed by atoms with E-state index in [1.54, 1.807) is 0 Å². The summed E-state index contributed by atoms with van der Waals surface area (Å²) >= 11 is 6.11. The monoisotopic (exact) mass is 392 g/mol. The van der Waals surface area contributed by atoms with Crippen molar-refractivity contribution >= 4 is 28.4 Å². The van der Waals surface area contributed by atoms with Crippen molar-refractivity contribution in [2.24, 2.45) is 0 Å². The molecule has 5 rings (SSSR count). The second kappa shape index (κ2) is 7.61. The molecule has 4 nitrogen and oxygen atoms in total. The minimum absolute atomic E-state index is 0.665. The normalized spacial score (nSPS) is 15.6. The van der Waals surface area contributed by atoms with Crippen LogP contribution in [0.2, 0.25) is 5.02 Å². The standard InChI is InChI=1S/C23H25ClN4/c24-18-12-10-17(11-13-18)22-16-28-21-9-5-4-8-20(21)26-23(28)27(22)15-14-25-19-6-2-1-3-7-19/h4-5,8-13,16,19,25H,1-3,6-7,14-15H2. The van der Waals surface area contributed by atoms with Gasteiger partial charge in [0.05, 0.1) is 16.7 Å². The molecule has 144 valence electrons. The Morgan fingerprint density at radius 1 is 1.00 bits per heavy atom. The topological polar surface area (TPSA) is 34.3 Å². The molecule has 1 aliphatic carbocycles. The lowest BCUT2D eigenvalue weighted by Crippen LogP contribution is -2.33. The SMILES string of the molecule is Clc1ccc(-c2cn3c4ccccc4nc3n2CCNC2CCCCC2)cc1. The van der Waals surface area contributed by atoms with Crippen molar-refractivity contribution in [3.05, 3.63) is 59.8 Å². The molecule has 1 aliphatic rings. The highest BCUT2D eigenvalue weighted by Gasteiger charge is 2.17. The lowest BCUT2D eigenvalue weighted by molar-refractivity contribution is 0.369. The molecule has 5 heteroatoms. The molecule has 0 aliphatic heterocycles. The van der Waals surface area contributed by atoms with E-state index in [2.05, 4.69) is 50.8 Å². The first-order valence-corrected chi connectivity index (χ1v) is 10.6. The molecule has 0 radical (unpaired) electrons. The second-order valence-corrected chi connectivity index (χ2v) is 8.17. The second-order valence-electron chi connectivity index (χ2n) is 7.73. The molecule has 2 heterocycles. The van der Waals surface area contributed by atoms with Crippen LogP contribution in [0.5, 0.6) is 0 Å². The van der Waals surface area contributed by atoms with Gasteiger partial charge in [0.2, 0.25) is 5.78 Å². The van der Waals surface area contributed by atoms with Gasteiger partial charge in [0.15, 0.2) is 0 Å². The van der Waals surface area contributed by atoms with Crippen LogP contribution in [0, 0.1) is 0 Å². The van der Waals surface area contributed by atoms with Crippen molar-refractivity contribution < 1.29 is 0 Å². The zero-order valence-corrected chi connectivity index (χ0v) is 16.7. The van der Waals surface area contributed by atoms with E-state index in [-0.39, 0.29) is 0 Å². The molecule has 28 heavy (non-hydrogen) atoms. The van der Waals surface area contributed by atoms with Crippen LogP contribution in [0.15, 0.2) is 54.7 Å². The van der Waals surface area contributed by atoms with E-state index in [9.17, 15) is 0 Å². The van der Waals surface area contributed by atoms with Gasteiger partial charge in [0, 0.05) is 30.4 Å². The number of benzene rings is 2. The Hall–Kier alpha value is -2.30. The Balaban J connectivity index is 1.51. The molecule has 1 N–H and O–H groups in total. The summed E-state index contributed by atoms with van der Waals surface area (Å²) < 4.78 is 4.54. The number of aromatic nitrogens is 3. The van der Waals surface area contributed by atoms with Gasteiger partial charge in [-0.05, 0) is 42.7 Å². The van der Waals surface area contributed by atoms with Crippen molar-refractivity contribution in [2.45, 2.75) is 44.7 Å². The fourth-order valence-corrected chi connectivity index (χ4v) is 4.53. The average Bonchev–Trinajstić information content (AvgIpc) is 3.26. The molecule has 0 spiro atoms. The number of fused-ring (bicyclic) bond motifs is 3. The Labute approximate surface area is 170 Å². The van der Waals surface area contributed by atoms with Crippen molar-refractivity contribution in [3.8, 4) is 11.3 Å². The highest BCUT2D eigenvalue weighted by atomic mass is 35.5. The summed E-state index contributed by atoms with van der Waals surface area (Å²) in [6.07, 6.45) is 8.91. The van der Waals surface area contributed by atoms with E-state index < -0.39 is 0 Å². The molecule has 2 aromatic heterocycles. The van der Waals surface area contributed by atoms with Crippen LogP contribution in [0.25, 0.3) is 28.1 Å². The Kier molecular flexibility index (Phi) is 4.83. The third kappa shape index (κ3) is 3.31. The number of halogens is 1. The van der Waals surface area contributed by atoms with E-state index in [4.69, 9.17) is 16.6 Å². The molecule has 0 amide bonds. The molecule has 0 bridgehead atoms. The van der Waals surface area contributed by atoms with Crippen LogP contribution >= 0.6 is 11.6 Å². The van der Waals surface area contributed by atoms with Crippen molar-refractivity contribution in [1.82, 2.24) is 19.3 Å². The number of imidazole rings is 2. The van der Waals surface area contributed by atoms with Gasteiger partial charge in [0.1, 0.15) is 0 Å². The molecular weight excluding hydrogens is 368 g/mol. The Bertz CT molecular complexity index is 1090. The summed E-state index contributed by atoms with van der Waals surface area (Å²) in [7, 11) is 0. The summed E-state index contributed by atoms with van der Waals surface area (Å²) in [5.74, 6) is 0.997. The van der Waals surface area contributed by atoms with Crippen LogP contribution in [0.3, 0.4) is 0 Å². The molecule has 4 aromatic rings. The number of nitrogens with zero attached hydrogens (tertiary/aromatic N) is 3. The number of hydrogen-bond donors (Lipinski definition) is 1. The maximum atomic E-state index is 6.11. The predicted molar refractivity (Wildman–Crippen MR) is 116 cm³/mol. The largest absolute Gasteiger partial charge is 0.312 e. The molecule has 1 fully saturated rings. The highest BCUT2D eigenvalue weighted by molar-refractivity contribution is 6.30. The predicted octanol–water partition coefficient (Wildman–Crippen LogP) is 5.53. The molecule has 0 atom stereocenters. The van der Waals surface area contributed by atoms with Gasteiger partial charge in [-0.25, -0.2) is 4.98 Å². The number of nitrogens with one attached hydrogen (secondary N) is 1. The van der Waals surface area contributed by atoms with E-state index >= 15 is 0 Å². The third-order valence-corrected chi connectivity index (χ3v) is 6.13. The third-order valence-electron chi connectivity index (χ3n) is 5.87. The van der Waals surface area contributed by atoms with Crippen LogP contribution in [0.4, 0.5) is 0 Å². The molecule has 0 saturated heterocycles. The molecule has 2 aromatic carbocycles. The van der Waals surface area contributed by atoms with Gasteiger partial charge in [0.25, 0.3) is 0 Å². The fraction of sp³-hybridized carbons (Fsp3) is 0.348. The van der Waals surface area contributed by atoms with Gasteiger partial charge in [-0.1, -0.05) is 55.1 Å². The van der Waals surface area contributed by atoms with E-state index in [1.165, 1.54) is 37.8 Å². The van der Waals surface area contributed by atoms with E-state index in [1.807, 2.05) is 18.2 Å². The van der Waals surface area contributed by atoms with Gasteiger partial charge < -0.3 is 9.88 Å².